The van der Waals surface area contributed by atoms with Gasteiger partial charge in [-0.3, -0.25) is 9.59 Å². The van der Waals surface area contributed by atoms with Gasteiger partial charge in [0.2, 0.25) is 5.91 Å². The molecule has 1 saturated carbocycles. The Morgan fingerprint density at radius 3 is 2.71 bits per heavy atom. The number of fused-ring (bicyclic) bond motifs is 1. The van der Waals surface area contributed by atoms with Crippen molar-refractivity contribution in [3.8, 4) is 5.75 Å². The topological polar surface area (TPSA) is 71.5 Å². The predicted octanol–water partition coefficient (Wildman–Crippen LogP) is 5.13. The normalized spacial score (nSPS) is 17.2. The second-order valence-electron chi connectivity index (χ2n) is 9.77. The smallest absolute Gasteiger partial charge is 0.270 e. The third kappa shape index (κ3) is 5.56. The lowest BCUT2D eigenvalue weighted by atomic mass is 9.87. The Bertz CT molecular complexity index is 1200. The Morgan fingerprint density at radius 1 is 1.17 bits per heavy atom. The molecule has 0 unspecified atom stereocenters. The quantitative estimate of drug-likeness (QED) is 0.476. The molecule has 6 nitrogen and oxygen atoms in total. The van der Waals surface area contributed by atoms with E-state index in [1.807, 2.05) is 29.2 Å². The molecule has 182 valence electrons. The lowest BCUT2D eigenvalue weighted by Crippen LogP contribution is -2.41. The standard InChI is InChI=1S/C28H31N3O3S/c1-18(2)14-26(32)31-13-12-19-8-11-22(15-23(19)27(31)20-6-4-3-5-7-20)34-16-25-30-24(17-35-25)28(33)29-21-9-10-21/h3-8,11,15,17-18,21,27H,9-10,12-14,16H2,1-2H3,(H,29,33)/t27-/m0/s1. The van der Waals surface area contributed by atoms with Crippen LogP contribution in [0.4, 0.5) is 0 Å². The summed E-state index contributed by atoms with van der Waals surface area (Å²) < 4.78 is 6.10. The molecule has 2 aromatic carbocycles. The first-order valence-corrected chi connectivity index (χ1v) is 13.2. The molecule has 7 heteroatoms. The number of carbonyl (C=O) groups excluding carboxylic acids is 2. The van der Waals surface area contributed by atoms with Gasteiger partial charge in [-0.1, -0.05) is 50.2 Å². The van der Waals surface area contributed by atoms with Crippen LogP contribution in [0.15, 0.2) is 53.9 Å². The van der Waals surface area contributed by atoms with Crippen molar-refractivity contribution < 1.29 is 14.3 Å². The number of ether oxygens (including phenoxy) is 1. The summed E-state index contributed by atoms with van der Waals surface area (Å²) in [5.74, 6) is 1.12. The highest BCUT2D eigenvalue weighted by Crippen LogP contribution is 2.38. The van der Waals surface area contributed by atoms with Gasteiger partial charge in [0.05, 0.1) is 6.04 Å². The van der Waals surface area contributed by atoms with Gasteiger partial charge in [0, 0.05) is 24.4 Å². The largest absolute Gasteiger partial charge is 0.486 e. The minimum absolute atomic E-state index is 0.111. The van der Waals surface area contributed by atoms with Crippen LogP contribution in [0.3, 0.4) is 0 Å². The van der Waals surface area contributed by atoms with Crippen LogP contribution in [-0.2, 0) is 17.8 Å². The van der Waals surface area contributed by atoms with E-state index < -0.39 is 0 Å². The van der Waals surface area contributed by atoms with Gasteiger partial charge in [-0.25, -0.2) is 4.98 Å². The second kappa shape index (κ2) is 10.2. The van der Waals surface area contributed by atoms with E-state index in [1.54, 1.807) is 5.38 Å². The third-order valence-electron chi connectivity index (χ3n) is 6.42. The minimum Gasteiger partial charge on any atom is -0.486 e. The zero-order valence-electron chi connectivity index (χ0n) is 20.2. The molecular formula is C28H31N3O3S. The SMILES string of the molecule is CC(C)CC(=O)N1CCc2ccc(OCc3nc(C(=O)NC4CC4)cs3)cc2[C@@H]1c1ccccc1. The monoisotopic (exact) mass is 489 g/mol. The van der Waals surface area contributed by atoms with Gasteiger partial charge in [-0.15, -0.1) is 11.3 Å². The first-order chi connectivity index (χ1) is 17.0. The molecule has 0 bridgehead atoms. The van der Waals surface area contributed by atoms with Crippen LogP contribution in [0.25, 0.3) is 0 Å². The molecular weight excluding hydrogens is 458 g/mol. The number of hydrogen-bond donors (Lipinski definition) is 1. The number of nitrogens with zero attached hydrogens (tertiary/aromatic N) is 2. The summed E-state index contributed by atoms with van der Waals surface area (Å²) in [5, 5.41) is 5.51. The first kappa shape index (κ1) is 23.5. The van der Waals surface area contributed by atoms with Gasteiger partial charge in [0.1, 0.15) is 23.1 Å². The molecule has 1 aromatic heterocycles. The van der Waals surface area contributed by atoms with Gasteiger partial charge < -0.3 is 15.0 Å². The van der Waals surface area contributed by atoms with Crippen LogP contribution in [0.5, 0.6) is 5.75 Å². The number of benzene rings is 2. The fraction of sp³-hybridized carbons (Fsp3) is 0.393. The fourth-order valence-corrected chi connectivity index (χ4v) is 5.21. The Morgan fingerprint density at radius 2 is 1.97 bits per heavy atom. The third-order valence-corrected chi connectivity index (χ3v) is 7.25. The van der Waals surface area contributed by atoms with Gasteiger partial charge in [-0.2, -0.15) is 0 Å². The Labute approximate surface area is 210 Å². The highest BCUT2D eigenvalue weighted by Gasteiger charge is 2.32. The summed E-state index contributed by atoms with van der Waals surface area (Å²) in [6.07, 6.45) is 3.47. The van der Waals surface area contributed by atoms with E-state index >= 15 is 0 Å². The molecule has 3 aromatic rings. The molecule has 1 fully saturated rings. The Kier molecular flexibility index (Phi) is 6.86. The maximum Gasteiger partial charge on any atom is 0.270 e. The molecule has 1 atom stereocenters. The zero-order valence-corrected chi connectivity index (χ0v) is 21.0. The average Bonchev–Trinajstić information content (AvgIpc) is 3.54. The van der Waals surface area contributed by atoms with E-state index in [4.69, 9.17) is 4.74 Å². The summed E-state index contributed by atoms with van der Waals surface area (Å²) in [4.78, 5) is 31.9. The highest BCUT2D eigenvalue weighted by atomic mass is 32.1. The van der Waals surface area contributed by atoms with Crippen molar-refractivity contribution in [3.63, 3.8) is 0 Å². The van der Waals surface area contributed by atoms with Crippen LogP contribution in [-0.4, -0.2) is 34.3 Å². The van der Waals surface area contributed by atoms with E-state index in [0.717, 1.165) is 41.1 Å². The number of amides is 2. The van der Waals surface area contributed by atoms with E-state index in [-0.39, 0.29) is 17.9 Å². The zero-order chi connectivity index (χ0) is 24.4. The lowest BCUT2D eigenvalue weighted by Gasteiger charge is -2.38. The van der Waals surface area contributed by atoms with Crippen LogP contribution < -0.4 is 10.1 Å². The van der Waals surface area contributed by atoms with Crippen molar-refractivity contribution in [3.05, 3.63) is 81.3 Å². The number of carbonyl (C=O) groups is 2. The summed E-state index contributed by atoms with van der Waals surface area (Å²) in [6.45, 7) is 5.17. The molecule has 2 aliphatic rings. The molecule has 0 spiro atoms. The van der Waals surface area contributed by atoms with Gasteiger partial charge in [0.15, 0.2) is 0 Å². The summed E-state index contributed by atoms with van der Waals surface area (Å²) in [6, 6.07) is 16.6. The van der Waals surface area contributed by atoms with Crippen LogP contribution in [0, 0.1) is 5.92 Å². The highest BCUT2D eigenvalue weighted by molar-refractivity contribution is 7.09. The van der Waals surface area contributed by atoms with Gasteiger partial charge in [-0.05, 0) is 54.0 Å². The summed E-state index contributed by atoms with van der Waals surface area (Å²) in [7, 11) is 0. The molecule has 0 radical (unpaired) electrons. The van der Waals surface area contributed by atoms with E-state index in [2.05, 4.69) is 48.4 Å². The van der Waals surface area contributed by atoms with Crippen LogP contribution in [0.2, 0.25) is 0 Å². The minimum atomic E-state index is -0.132. The Balaban J connectivity index is 1.35. The van der Waals surface area contributed by atoms with Crippen molar-refractivity contribution in [1.82, 2.24) is 15.2 Å². The Hall–Kier alpha value is -3.19. The van der Waals surface area contributed by atoms with Gasteiger partial charge >= 0.3 is 0 Å². The molecule has 2 heterocycles. The number of hydrogen-bond acceptors (Lipinski definition) is 5. The van der Waals surface area contributed by atoms with Crippen molar-refractivity contribution in [2.24, 2.45) is 5.92 Å². The van der Waals surface area contributed by atoms with Crippen molar-refractivity contribution in [1.29, 1.82) is 0 Å². The second-order valence-corrected chi connectivity index (χ2v) is 10.7. The molecule has 1 aliphatic heterocycles. The van der Waals surface area contributed by atoms with Crippen molar-refractivity contribution in [2.75, 3.05) is 6.54 Å². The molecule has 1 aliphatic carbocycles. The maximum atomic E-state index is 13.2. The molecule has 2 amide bonds. The predicted molar refractivity (Wildman–Crippen MR) is 137 cm³/mol. The molecule has 1 N–H and O–H groups in total. The molecule has 5 rings (SSSR count). The van der Waals surface area contributed by atoms with Gasteiger partial charge in [0.25, 0.3) is 5.91 Å². The molecule has 0 saturated heterocycles. The fourth-order valence-electron chi connectivity index (χ4n) is 4.53. The average molecular weight is 490 g/mol. The van der Waals surface area contributed by atoms with Crippen LogP contribution >= 0.6 is 11.3 Å². The van der Waals surface area contributed by atoms with E-state index in [1.165, 1.54) is 16.9 Å². The molecule has 35 heavy (non-hydrogen) atoms. The first-order valence-electron chi connectivity index (χ1n) is 12.3. The van der Waals surface area contributed by atoms with E-state index in [0.29, 0.717) is 37.2 Å². The van der Waals surface area contributed by atoms with Crippen molar-refractivity contribution >= 4 is 23.2 Å². The number of aromatic nitrogens is 1. The summed E-state index contributed by atoms with van der Waals surface area (Å²) in [5.41, 5.74) is 3.91. The number of nitrogens with one attached hydrogen (secondary N) is 1. The lowest BCUT2D eigenvalue weighted by molar-refractivity contribution is -0.134. The number of thiazole rings is 1. The van der Waals surface area contributed by atoms with E-state index in [9.17, 15) is 9.59 Å². The summed E-state index contributed by atoms with van der Waals surface area (Å²) >= 11 is 1.43. The van der Waals surface area contributed by atoms with Crippen molar-refractivity contribution in [2.45, 2.75) is 58.2 Å². The maximum absolute atomic E-state index is 13.2. The van der Waals surface area contributed by atoms with Crippen LogP contribution in [0.1, 0.15) is 71.3 Å². The number of rotatable bonds is 8.